The number of para-hydroxylation sites is 1. The molecular weight excluding hydrogens is 234 g/mol. The van der Waals surface area contributed by atoms with E-state index in [1.807, 2.05) is 0 Å². The minimum Gasteiger partial charge on any atom is -0.463 e. The maximum absolute atomic E-state index is 10.1. The Kier molecular flexibility index (Phi) is 3.85. The van der Waals surface area contributed by atoms with Gasteiger partial charge >= 0.3 is 0 Å². The van der Waals surface area contributed by atoms with Crippen molar-refractivity contribution in [2.45, 2.75) is 5.56 Å². The van der Waals surface area contributed by atoms with E-state index in [0.717, 1.165) is 0 Å². The maximum Gasteiger partial charge on any atom is 0.259 e. The Bertz CT molecular complexity index is 294. The van der Waals surface area contributed by atoms with Crippen molar-refractivity contribution in [3.63, 3.8) is 0 Å². The molecule has 0 saturated heterocycles. The van der Waals surface area contributed by atoms with Gasteiger partial charge < -0.3 is 4.74 Å². The summed E-state index contributed by atoms with van der Waals surface area (Å²) in [4.78, 5) is 10.1. The molecule has 0 bridgehead atoms. The third-order valence-corrected chi connectivity index (χ3v) is 2.01. The van der Waals surface area contributed by atoms with Gasteiger partial charge in [0.25, 0.3) is 6.29 Å². The molecule has 1 radical (unpaired) electrons. The third kappa shape index (κ3) is 2.76. The van der Waals surface area contributed by atoms with Crippen molar-refractivity contribution in [1.82, 2.24) is 0 Å². The van der Waals surface area contributed by atoms with Crippen LogP contribution < -0.4 is 4.74 Å². The highest BCUT2D eigenvalue weighted by atomic mass is 35.5. The molecule has 0 amide bonds. The minimum atomic E-state index is -1.20. The van der Waals surface area contributed by atoms with Crippen LogP contribution in [0.15, 0.2) is 18.2 Å². The summed E-state index contributed by atoms with van der Waals surface area (Å²) in [7, 11) is 0. The lowest BCUT2D eigenvalue weighted by atomic mass is 10.3. The van der Waals surface area contributed by atoms with Crippen LogP contribution in [-0.4, -0.2) is 11.8 Å². The van der Waals surface area contributed by atoms with Gasteiger partial charge in [-0.25, -0.2) is 0 Å². The first-order valence-electron chi connectivity index (χ1n) is 3.27. The first-order valence-corrected chi connectivity index (χ1v) is 4.47. The number of hydrogen-bond donors (Lipinski definition) is 0. The van der Waals surface area contributed by atoms with Crippen LogP contribution in [0.4, 0.5) is 0 Å². The van der Waals surface area contributed by atoms with Crippen molar-refractivity contribution in [2.24, 2.45) is 0 Å². The zero-order chi connectivity index (χ0) is 9.84. The molecule has 1 aromatic carbocycles. The predicted octanol–water partition coefficient (Wildman–Crippen LogP) is 3.05. The van der Waals surface area contributed by atoms with Crippen LogP contribution in [0.1, 0.15) is 0 Å². The van der Waals surface area contributed by atoms with E-state index >= 15 is 0 Å². The number of carbonyl (C=O) groups excluding carboxylic acids is 1. The fourth-order valence-corrected chi connectivity index (χ4v) is 1.30. The van der Waals surface area contributed by atoms with E-state index in [0.29, 0.717) is 10.0 Å². The summed E-state index contributed by atoms with van der Waals surface area (Å²) in [5.41, 5.74) is -1.20. The van der Waals surface area contributed by atoms with Gasteiger partial charge in [0.15, 0.2) is 5.75 Å². The summed E-state index contributed by atoms with van der Waals surface area (Å²) >= 11 is 16.8. The fraction of sp³-hybridized carbons (Fsp3) is 0.125. The number of rotatable bonds is 3. The summed E-state index contributed by atoms with van der Waals surface area (Å²) in [6, 6.07) is 4.82. The van der Waals surface area contributed by atoms with E-state index in [1.54, 1.807) is 18.2 Å². The third-order valence-electron chi connectivity index (χ3n) is 1.23. The first-order chi connectivity index (χ1) is 6.15. The Morgan fingerprint density at radius 3 is 2.31 bits per heavy atom. The van der Waals surface area contributed by atoms with Crippen LogP contribution in [0.2, 0.25) is 10.0 Å². The quantitative estimate of drug-likeness (QED) is 0.757. The van der Waals surface area contributed by atoms with Crippen molar-refractivity contribution in [2.75, 3.05) is 0 Å². The first kappa shape index (κ1) is 10.6. The van der Waals surface area contributed by atoms with Gasteiger partial charge in [0.05, 0.1) is 10.0 Å². The second kappa shape index (κ2) is 4.70. The highest BCUT2D eigenvalue weighted by Gasteiger charge is 2.11. The van der Waals surface area contributed by atoms with E-state index < -0.39 is 5.56 Å². The highest BCUT2D eigenvalue weighted by molar-refractivity contribution is 6.37. The van der Waals surface area contributed by atoms with E-state index in [4.69, 9.17) is 39.5 Å². The largest absolute Gasteiger partial charge is 0.463 e. The van der Waals surface area contributed by atoms with E-state index in [1.165, 1.54) is 6.29 Å². The lowest BCUT2D eigenvalue weighted by molar-refractivity contribution is 0.331. The molecule has 1 aromatic rings. The lowest BCUT2D eigenvalue weighted by Gasteiger charge is -2.09. The molecule has 0 aromatic heterocycles. The summed E-state index contributed by atoms with van der Waals surface area (Å²) in [5, 5.41) is 0.599. The summed E-state index contributed by atoms with van der Waals surface area (Å²) in [5.74, 6) is 0.189. The SMILES string of the molecule is O=[C]C(Cl)Oc1c(Cl)cccc1Cl. The summed E-state index contributed by atoms with van der Waals surface area (Å²) in [6.07, 6.45) is 1.44. The van der Waals surface area contributed by atoms with Gasteiger partial charge in [-0.1, -0.05) is 40.9 Å². The monoisotopic (exact) mass is 237 g/mol. The smallest absolute Gasteiger partial charge is 0.259 e. The lowest BCUT2D eigenvalue weighted by Crippen LogP contribution is -2.09. The molecular formula is C8H4Cl3O2. The van der Waals surface area contributed by atoms with Gasteiger partial charge in [-0.3, -0.25) is 4.79 Å². The van der Waals surface area contributed by atoms with Crippen molar-refractivity contribution in [3.8, 4) is 5.75 Å². The van der Waals surface area contributed by atoms with Crippen LogP contribution >= 0.6 is 34.8 Å². The Hall–Kier alpha value is -0.440. The number of benzene rings is 1. The molecule has 1 unspecified atom stereocenters. The van der Waals surface area contributed by atoms with Crippen LogP contribution in [0.5, 0.6) is 5.75 Å². The number of ether oxygens (including phenoxy) is 1. The highest BCUT2D eigenvalue weighted by Crippen LogP contribution is 2.33. The molecule has 1 rings (SSSR count). The number of halogens is 3. The predicted molar refractivity (Wildman–Crippen MR) is 52.4 cm³/mol. The second-order valence-electron chi connectivity index (χ2n) is 2.10. The Labute approximate surface area is 90.3 Å². The molecule has 0 aliphatic carbocycles. The Morgan fingerprint density at radius 2 is 1.85 bits per heavy atom. The van der Waals surface area contributed by atoms with Crippen LogP contribution in [0, 0.1) is 0 Å². The maximum atomic E-state index is 10.1. The molecule has 0 aliphatic heterocycles. The van der Waals surface area contributed by atoms with Crippen LogP contribution in [-0.2, 0) is 4.79 Å². The molecule has 2 nitrogen and oxygen atoms in total. The molecule has 5 heteroatoms. The van der Waals surface area contributed by atoms with Crippen molar-refractivity contribution in [3.05, 3.63) is 28.2 Å². The topological polar surface area (TPSA) is 26.3 Å². The fourth-order valence-electron chi connectivity index (χ4n) is 0.723. The molecule has 0 saturated carbocycles. The van der Waals surface area contributed by atoms with E-state index in [9.17, 15) is 4.79 Å². The van der Waals surface area contributed by atoms with Gasteiger partial charge in [-0.2, -0.15) is 0 Å². The van der Waals surface area contributed by atoms with Crippen LogP contribution in [0.25, 0.3) is 0 Å². The average molecular weight is 238 g/mol. The molecule has 13 heavy (non-hydrogen) atoms. The zero-order valence-electron chi connectivity index (χ0n) is 6.26. The molecule has 0 N–H and O–H groups in total. The van der Waals surface area contributed by atoms with E-state index in [-0.39, 0.29) is 5.75 Å². The minimum absolute atomic E-state index is 0.189. The van der Waals surface area contributed by atoms with Crippen molar-refractivity contribution in [1.29, 1.82) is 0 Å². The summed E-state index contributed by atoms with van der Waals surface area (Å²) in [6.45, 7) is 0. The van der Waals surface area contributed by atoms with Gasteiger partial charge in [-0.05, 0) is 12.1 Å². The standard InChI is InChI=1S/C8H4Cl3O2/c9-5-2-1-3-6(10)8(5)13-7(11)4-12/h1-3,7H. The average Bonchev–Trinajstić information content (AvgIpc) is 2.11. The molecule has 0 heterocycles. The summed E-state index contributed by atoms with van der Waals surface area (Å²) < 4.78 is 4.90. The molecule has 0 fully saturated rings. The zero-order valence-corrected chi connectivity index (χ0v) is 8.53. The normalized spacial score (nSPS) is 12.2. The van der Waals surface area contributed by atoms with Gasteiger partial charge in [-0.15, -0.1) is 0 Å². The van der Waals surface area contributed by atoms with Crippen molar-refractivity contribution >= 4 is 41.1 Å². The Balaban J connectivity index is 2.93. The Morgan fingerprint density at radius 1 is 1.31 bits per heavy atom. The van der Waals surface area contributed by atoms with Gasteiger partial charge in [0.1, 0.15) is 0 Å². The second-order valence-corrected chi connectivity index (χ2v) is 3.31. The number of hydrogen-bond acceptors (Lipinski definition) is 2. The molecule has 69 valence electrons. The van der Waals surface area contributed by atoms with Crippen LogP contribution in [0.3, 0.4) is 0 Å². The van der Waals surface area contributed by atoms with Gasteiger partial charge in [0.2, 0.25) is 5.56 Å². The molecule has 1 atom stereocenters. The van der Waals surface area contributed by atoms with Gasteiger partial charge in [0, 0.05) is 0 Å². The molecule has 0 spiro atoms. The molecule has 0 aliphatic rings. The number of alkyl halides is 1. The van der Waals surface area contributed by atoms with Crippen molar-refractivity contribution < 1.29 is 9.53 Å². The van der Waals surface area contributed by atoms with E-state index in [2.05, 4.69) is 0 Å².